The summed E-state index contributed by atoms with van der Waals surface area (Å²) in [6.07, 6.45) is 0. The second-order valence-corrected chi connectivity index (χ2v) is 11.0. The summed E-state index contributed by atoms with van der Waals surface area (Å²) in [5, 5.41) is 6.32. The van der Waals surface area contributed by atoms with Crippen molar-refractivity contribution in [1.82, 2.24) is 0 Å². The Hall–Kier alpha value is -0.705. The number of ether oxygens (including phenoxy) is 2. The molecule has 2 nitrogen and oxygen atoms in total. The van der Waals surface area contributed by atoms with Crippen LogP contribution in [0.15, 0.2) is 48.5 Å². The molecule has 0 spiro atoms. The molecular weight excluding hydrogens is 470 g/mol. The van der Waals surface area contributed by atoms with Crippen molar-refractivity contribution >= 4 is 56.7 Å². The van der Waals surface area contributed by atoms with Crippen LogP contribution in [0, 0.1) is 10.8 Å². The van der Waals surface area contributed by atoms with E-state index >= 15 is 0 Å². The molecule has 0 fully saturated rings. The smallest absolute Gasteiger partial charge is 0.564 e. The Morgan fingerprint density at radius 2 is 0.871 bits per heavy atom. The number of thiophene rings is 5. The van der Waals surface area contributed by atoms with E-state index in [4.69, 9.17) is 9.47 Å². The summed E-state index contributed by atoms with van der Waals surface area (Å²) in [6.45, 7) is 0. The van der Waals surface area contributed by atoms with Crippen molar-refractivity contribution < 1.29 is 47.2 Å². The van der Waals surface area contributed by atoms with Gasteiger partial charge in [0.2, 0.25) is 0 Å². The molecule has 0 saturated carbocycles. The topological polar surface area (TPSA) is 18.5 Å². The Labute approximate surface area is 225 Å². The van der Waals surface area contributed by atoms with Crippen molar-refractivity contribution in [3.05, 3.63) is 59.3 Å². The average Bonchev–Trinajstić information content (AvgIpc) is 3.53. The van der Waals surface area contributed by atoms with Crippen molar-refractivity contribution in [2.45, 2.75) is 0 Å². The molecule has 0 aromatic carbocycles. The van der Waals surface area contributed by atoms with Crippen molar-refractivity contribution in [1.29, 1.82) is 0 Å². The van der Waals surface area contributed by atoms with Gasteiger partial charge in [0, 0.05) is 19.5 Å². The van der Waals surface area contributed by atoms with Crippen molar-refractivity contribution in [2.75, 3.05) is 14.2 Å². The molecular formula is C22H14Li2O2S5. The van der Waals surface area contributed by atoms with Gasteiger partial charge in [-0.2, -0.15) is 0 Å². The molecule has 9 heteroatoms. The average molecular weight is 485 g/mol. The van der Waals surface area contributed by atoms with Gasteiger partial charge in [0.05, 0.1) is 14.2 Å². The molecule has 146 valence electrons. The first kappa shape index (κ1) is 24.9. The number of hydrogen-bond donors (Lipinski definition) is 0. The third-order valence-electron chi connectivity index (χ3n) is 4.34. The first-order valence-corrected chi connectivity index (χ1v) is 12.7. The molecule has 5 heterocycles. The minimum Gasteiger partial charge on any atom is -0.564 e. The zero-order valence-corrected chi connectivity index (χ0v) is 21.6. The van der Waals surface area contributed by atoms with Gasteiger partial charge >= 0.3 is 37.7 Å². The zero-order valence-electron chi connectivity index (χ0n) is 17.5. The molecule has 5 aromatic rings. The fraction of sp³-hybridized carbons (Fsp3) is 0.0909. The molecule has 5 aromatic heterocycles. The minimum atomic E-state index is 0. The van der Waals surface area contributed by atoms with Gasteiger partial charge in [-0.05, 0) is 45.5 Å². The summed E-state index contributed by atoms with van der Waals surface area (Å²) in [5.74, 6) is 1.78. The number of rotatable bonds is 6. The van der Waals surface area contributed by atoms with Gasteiger partial charge in [-0.1, -0.05) is 21.9 Å². The Kier molecular flexibility index (Phi) is 8.80. The third kappa shape index (κ3) is 4.97. The van der Waals surface area contributed by atoms with Gasteiger partial charge in [0.25, 0.3) is 0 Å². The van der Waals surface area contributed by atoms with Crippen LogP contribution in [0.2, 0.25) is 0 Å². The number of hydrogen-bond acceptors (Lipinski definition) is 7. The first-order valence-electron chi connectivity index (χ1n) is 8.65. The molecule has 0 bridgehead atoms. The quantitative estimate of drug-likeness (QED) is 0.272. The van der Waals surface area contributed by atoms with Gasteiger partial charge in [0.1, 0.15) is 0 Å². The molecule has 0 unspecified atom stereocenters. The fourth-order valence-corrected chi connectivity index (χ4v) is 7.93. The van der Waals surface area contributed by atoms with Crippen molar-refractivity contribution in [3.63, 3.8) is 0 Å². The maximum atomic E-state index is 5.45. The monoisotopic (exact) mass is 484 g/mol. The first-order chi connectivity index (χ1) is 14.3. The SMILES string of the molecule is COc1c[c-]sc1-c1ccc(-c2ccc(-c3ccc(-c4s[c-]cc4OC)s3)s2)s1.[Li+].[Li+]. The molecule has 0 radical (unpaired) electrons. The molecule has 0 saturated heterocycles. The van der Waals surface area contributed by atoms with Crippen LogP contribution in [0.4, 0.5) is 0 Å². The zero-order chi connectivity index (χ0) is 19.8. The standard InChI is InChI=1S/C22H14O2S5.2Li/c1-23-13-9-11-25-21(13)19-7-5-17(28-19)15-3-4-16(27-15)18-6-8-20(29-18)22-14(24-2)10-12-26-22;;/h3-10H,1-2H3;;/q-2;2*+1. The van der Waals surface area contributed by atoms with Crippen LogP contribution in [0.1, 0.15) is 0 Å². The van der Waals surface area contributed by atoms with E-state index in [1.807, 2.05) is 23.5 Å². The van der Waals surface area contributed by atoms with Crippen LogP contribution in [-0.4, -0.2) is 14.2 Å². The van der Waals surface area contributed by atoms with Gasteiger partial charge < -0.3 is 9.47 Å². The van der Waals surface area contributed by atoms with E-state index in [9.17, 15) is 0 Å². The Morgan fingerprint density at radius 1 is 0.548 bits per heavy atom. The Balaban J connectivity index is 0.00000136. The second kappa shape index (κ2) is 10.9. The summed E-state index contributed by atoms with van der Waals surface area (Å²) in [7, 11) is 3.41. The third-order valence-corrected chi connectivity index (χ3v) is 10.0. The number of methoxy groups -OCH3 is 2. The van der Waals surface area contributed by atoms with Crippen molar-refractivity contribution in [2.24, 2.45) is 0 Å². The van der Waals surface area contributed by atoms with Gasteiger partial charge in [-0.15, -0.1) is 56.9 Å². The van der Waals surface area contributed by atoms with Crippen molar-refractivity contribution in [3.8, 4) is 50.5 Å². The van der Waals surface area contributed by atoms with Gasteiger partial charge in [0.15, 0.2) is 0 Å². The summed E-state index contributed by atoms with van der Waals surface area (Å²) < 4.78 is 10.9. The molecule has 0 atom stereocenters. The molecule has 5 rings (SSSR count). The van der Waals surface area contributed by atoms with Crippen LogP contribution >= 0.6 is 56.7 Å². The predicted octanol–water partition coefficient (Wildman–Crippen LogP) is 2.29. The Bertz CT molecular complexity index is 1170. The van der Waals surface area contributed by atoms with E-state index in [0.717, 1.165) is 21.3 Å². The van der Waals surface area contributed by atoms with E-state index in [1.165, 1.54) is 29.3 Å². The second-order valence-electron chi connectivity index (χ2n) is 6.02. The largest absolute Gasteiger partial charge is 1.00 e. The molecule has 0 N–H and O–H groups in total. The maximum Gasteiger partial charge on any atom is 1.00 e. The van der Waals surface area contributed by atoms with E-state index in [2.05, 4.69) is 47.2 Å². The summed E-state index contributed by atoms with van der Waals surface area (Å²) in [5.41, 5.74) is 0. The van der Waals surface area contributed by atoms with Crippen LogP contribution in [-0.2, 0) is 0 Å². The summed E-state index contributed by atoms with van der Waals surface area (Å²) in [4.78, 5) is 9.85. The summed E-state index contributed by atoms with van der Waals surface area (Å²) in [6, 6.07) is 17.0. The van der Waals surface area contributed by atoms with Crippen LogP contribution < -0.4 is 47.2 Å². The van der Waals surface area contributed by atoms with E-state index in [1.54, 1.807) is 59.6 Å². The van der Waals surface area contributed by atoms with Crippen LogP contribution in [0.3, 0.4) is 0 Å². The van der Waals surface area contributed by atoms with E-state index in [0.29, 0.717) is 0 Å². The molecule has 0 aliphatic carbocycles. The fourth-order valence-electron chi connectivity index (χ4n) is 2.95. The van der Waals surface area contributed by atoms with E-state index < -0.39 is 0 Å². The predicted molar refractivity (Wildman–Crippen MR) is 128 cm³/mol. The normalized spacial score (nSPS) is 10.4. The Morgan fingerprint density at radius 3 is 1.23 bits per heavy atom. The van der Waals surface area contributed by atoms with Crippen LogP contribution in [0.25, 0.3) is 39.0 Å². The molecule has 0 amide bonds. The van der Waals surface area contributed by atoms with Gasteiger partial charge in [-0.25, -0.2) is 0 Å². The maximum absolute atomic E-state index is 5.45. The van der Waals surface area contributed by atoms with E-state index in [-0.39, 0.29) is 37.7 Å². The van der Waals surface area contributed by atoms with Gasteiger partial charge in [-0.3, -0.25) is 22.7 Å². The molecule has 0 aliphatic rings. The minimum absolute atomic E-state index is 0. The molecule has 0 aliphatic heterocycles. The van der Waals surface area contributed by atoms with Crippen LogP contribution in [0.5, 0.6) is 11.5 Å². The molecule has 31 heavy (non-hydrogen) atoms. The summed E-state index contributed by atoms with van der Waals surface area (Å²) >= 11 is 8.61.